The zero-order valence-corrected chi connectivity index (χ0v) is 11.8. The molecule has 0 aliphatic carbocycles. The molecule has 1 unspecified atom stereocenters. The highest BCUT2D eigenvalue weighted by molar-refractivity contribution is 5.58. The number of nitrogens with zero attached hydrogens (tertiary/aromatic N) is 1. The van der Waals surface area contributed by atoms with Gasteiger partial charge >= 0.3 is 0 Å². The van der Waals surface area contributed by atoms with Crippen LogP contribution in [0, 0.1) is 5.92 Å². The Morgan fingerprint density at radius 3 is 3.21 bits per heavy atom. The number of hydrogen-bond acceptors (Lipinski definition) is 3. The molecule has 2 heterocycles. The molecule has 3 heteroatoms. The highest BCUT2D eigenvalue weighted by Crippen LogP contribution is 2.27. The summed E-state index contributed by atoms with van der Waals surface area (Å²) < 4.78 is 5.51. The molecule has 0 aromatic heterocycles. The molecule has 2 aliphatic rings. The van der Waals surface area contributed by atoms with E-state index in [1.807, 2.05) is 0 Å². The van der Waals surface area contributed by atoms with Crippen molar-refractivity contribution >= 4 is 5.69 Å². The van der Waals surface area contributed by atoms with E-state index in [-0.39, 0.29) is 0 Å². The minimum absolute atomic E-state index is 0.703. The molecule has 1 saturated heterocycles. The van der Waals surface area contributed by atoms with Crippen LogP contribution in [0.2, 0.25) is 0 Å². The minimum Gasteiger partial charge on any atom is -0.381 e. The summed E-state index contributed by atoms with van der Waals surface area (Å²) in [6, 6.07) is 6.89. The lowest BCUT2D eigenvalue weighted by Gasteiger charge is -2.22. The first kappa shape index (κ1) is 12.9. The van der Waals surface area contributed by atoms with Gasteiger partial charge in [0.25, 0.3) is 0 Å². The second kappa shape index (κ2) is 5.93. The molecule has 1 atom stereocenters. The number of benzene rings is 1. The maximum Gasteiger partial charge on any atom is 0.0506 e. The van der Waals surface area contributed by atoms with Crippen LogP contribution in [0.15, 0.2) is 18.2 Å². The normalized spacial score (nSPS) is 22.6. The molecule has 1 aromatic carbocycles. The number of nitrogens with one attached hydrogen (secondary N) is 1. The quantitative estimate of drug-likeness (QED) is 0.898. The first-order valence-electron chi connectivity index (χ1n) is 7.44. The Hall–Kier alpha value is -1.06. The Balaban J connectivity index is 1.50. The Labute approximate surface area is 115 Å². The number of anilines is 1. The highest BCUT2D eigenvalue weighted by Gasteiger charge is 2.16. The summed E-state index contributed by atoms with van der Waals surface area (Å²) in [6.45, 7) is 5.10. The molecule has 2 aliphatic heterocycles. The molecule has 0 bridgehead atoms. The molecule has 104 valence electrons. The Bertz CT molecular complexity index is 427. The Kier molecular flexibility index (Phi) is 4.04. The van der Waals surface area contributed by atoms with Gasteiger partial charge in [0.2, 0.25) is 0 Å². The lowest BCUT2D eigenvalue weighted by molar-refractivity contribution is 0.0547. The van der Waals surface area contributed by atoms with Gasteiger partial charge in [-0.15, -0.1) is 0 Å². The molecule has 0 radical (unpaired) electrons. The first-order chi connectivity index (χ1) is 9.33. The third-order valence-corrected chi connectivity index (χ3v) is 4.29. The predicted octanol–water partition coefficient (Wildman–Crippen LogP) is 2.20. The molecule has 0 saturated carbocycles. The van der Waals surface area contributed by atoms with Crippen LogP contribution in [0.5, 0.6) is 0 Å². The predicted molar refractivity (Wildman–Crippen MR) is 78.7 cm³/mol. The van der Waals surface area contributed by atoms with Crippen molar-refractivity contribution in [3.8, 4) is 0 Å². The summed E-state index contributed by atoms with van der Waals surface area (Å²) in [6.07, 6.45) is 3.72. The molecular weight excluding hydrogens is 236 g/mol. The average Bonchev–Trinajstić information content (AvgIpc) is 2.81. The molecule has 1 fully saturated rings. The van der Waals surface area contributed by atoms with E-state index >= 15 is 0 Å². The number of ether oxygens (including phenoxy) is 1. The third-order valence-electron chi connectivity index (χ3n) is 4.29. The van der Waals surface area contributed by atoms with Gasteiger partial charge in [-0.1, -0.05) is 12.1 Å². The molecule has 0 amide bonds. The van der Waals surface area contributed by atoms with Crippen molar-refractivity contribution in [3.63, 3.8) is 0 Å². The molecule has 3 rings (SSSR count). The van der Waals surface area contributed by atoms with E-state index in [0.717, 1.165) is 32.8 Å². The fourth-order valence-corrected chi connectivity index (χ4v) is 3.12. The van der Waals surface area contributed by atoms with Crippen LogP contribution in [0.1, 0.15) is 24.0 Å². The van der Waals surface area contributed by atoms with Gasteiger partial charge in [-0.2, -0.15) is 0 Å². The SMILES string of the molecule is CN1CCc2cc(CNCC3CCCOC3)ccc21. The highest BCUT2D eigenvalue weighted by atomic mass is 16.5. The maximum absolute atomic E-state index is 5.51. The van der Waals surface area contributed by atoms with Crippen LogP contribution in [0.25, 0.3) is 0 Å². The molecule has 0 spiro atoms. The van der Waals surface area contributed by atoms with Gasteiger partial charge in [0.05, 0.1) is 6.61 Å². The van der Waals surface area contributed by atoms with Gasteiger partial charge in [0.1, 0.15) is 0 Å². The van der Waals surface area contributed by atoms with Gasteiger partial charge in [-0.05, 0) is 42.4 Å². The monoisotopic (exact) mass is 260 g/mol. The second-order valence-electron chi connectivity index (χ2n) is 5.85. The summed E-state index contributed by atoms with van der Waals surface area (Å²) in [5.74, 6) is 0.703. The van der Waals surface area contributed by atoms with Crippen LogP contribution in [0.4, 0.5) is 5.69 Å². The van der Waals surface area contributed by atoms with E-state index < -0.39 is 0 Å². The van der Waals surface area contributed by atoms with E-state index in [0.29, 0.717) is 5.92 Å². The van der Waals surface area contributed by atoms with Gasteiger partial charge in [-0.25, -0.2) is 0 Å². The van der Waals surface area contributed by atoms with Crippen molar-refractivity contribution in [2.75, 3.05) is 38.3 Å². The van der Waals surface area contributed by atoms with Crippen LogP contribution >= 0.6 is 0 Å². The number of rotatable bonds is 4. The van der Waals surface area contributed by atoms with Gasteiger partial charge < -0.3 is 15.0 Å². The first-order valence-corrected chi connectivity index (χ1v) is 7.44. The van der Waals surface area contributed by atoms with Crippen LogP contribution in [-0.2, 0) is 17.7 Å². The van der Waals surface area contributed by atoms with E-state index in [4.69, 9.17) is 4.74 Å². The van der Waals surface area contributed by atoms with E-state index in [1.54, 1.807) is 0 Å². The van der Waals surface area contributed by atoms with Crippen molar-refractivity contribution in [3.05, 3.63) is 29.3 Å². The standard InChI is InChI=1S/C16H24N2O/c1-18-7-6-15-9-13(4-5-16(15)18)10-17-11-14-3-2-8-19-12-14/h4-5,9,14,17H,2-3,6-8,10-12H2,1H3. The number of hydrogen-bond donors (Lipinski definition) is 1. The zero-order valence-electron chi connectivity index (χ0n) is 11.8. The molecule has 1 aromatic rings. The van der Waals surface area contributed by atoms with Gasteiger partial charge in [0.15, 0.2) is 0 Å². The van der Waals surface area contributed by atoms with Crippen molar-refractivity contribution < 1.29 is 4.74 Å². The topological polar surface area (TPSA) is 24.5 Å². The summed E-state index contributed by atoms with van der Waals surface area (Å²) in [4.78, 5) is 2.34. The van der Waals surface area contributed by atoms with E-state index in [2.05, 4.69) is 35.5 Å². The lowest BCUT2D eigenvalue weighted by atomic mass is 10.0. The average molecular weight is 260 g/mol. The zero-order chi connectivity index (χ0) is 13.1. The molecule has 1 N–H and O–H groups in total. The second-order valence-corrected chi connectivity index (χ2v) is 5.85. The van der Waals surface area contributed by atoms with E-state index in [1.165, 1.54) is 36.1 Å². The van der Waals surface area contributed by atoms with E-state index in [9.17, 15) is 0 Å². The molecule has 3 nitrogen and oxygen atoms in total. The van der Waals surface area contributed by atoms with Crippen LogP contribution in [-0.4, -0.2) is 33.4 Å². The third kappa shape index (κ3) is 3.10. The minimum atomic E-state index is 0.703. The number of likely N-dealkylation sites (N-methyl/N-ethyl adjacent to an activating group) is 1. The molecular formula is C16H24N2O. The lowest BCUT2D eigenvalue weighted by Crippen LogP contribution is -2.28. The van der Waals surface area contributed by atoms with Gasteiger partial charge in [0, 0.05) is 39.0 Å². The number of fused-ring (bicyclic) bond motifs is 1. The van der Waals surface area contributed by atoms with Crippen molar-refractivity contribution in [2.24, 2.45) is 5.92 Å². The van der Waals surface area contributed by atoms with Crippen molar-refractivity contribution in [2.45, 2.75) is 25.8 Å². The van der Waals surface area contributed by atoms with Crippen LogP contribution in [0.3, 0.4) is 0 Å². The van der Waals surface area contributed by atoms with Crippen molar-refractivity contribution in [1.29, 1.82) is 0 Å². The summed E-state index contributed by atoms with van der Waals surface area (Å²) in [5.41, 5.74) is 4.32. The smallest absolute Gasteiger partial charge is 0.0506 e. The summed E-state index contributed by atoms with van der Waals surface area (Å²) in [5, 5.41) is 3.58. The Morgan fingerprint density at radius 1 is 1.42 bits per heavy atom. The summed E-state index contributed by atoms with van der Waals surface area (Å²) in [7, 11) is 2.17. The summed E-state index contributed by atoms with van der Waals surface area (Å²) >= 11 is 0. The molecule has 19 heavy (non-hydrogen) atoms. The maximum atomic E-state index is 5.51. The largest absolute Gasteiger partial charge is 0.381 e. The Morgan fingerprint density at radius 2 is 2.37 bits per heavy atom. The van der Waals surface area contributed by atoms with Crippen LogP contribution < -0.4 is 10.2 Å². The van der Waals surface area contributed by atoms with Crippen molar-refractivity contribution in [1.82, 2.24) is 5.32 Å². The fraction of sp³-hybridized carbons (Fsp3) is 0.625. The fourth-order valence-electron chi connectivity index (χ4n) is 3.12. The van der Waals surface area contributed by atoms with Gasteiger partial charge in [-0.3, -0.25) is 0 Å².